The van der Waals surface area contributed by atoms with Crippen molar-refractivity contribution in [1.82, 2.24) is 0 Å². The van der Waals surface area contributed by atoms with Crippen LogP contribution in [-0.2, 0) is 0 Å². The fraction of sp³-hybridized carbons (Fsp3) is 0.312. The van der Waals surface area contributed by atoms with Crippen molar-refractivity contribution < 1.29 is 9.18 Å². The third kappa shape index (κ3) is 3.63. The van der Waals surface area contributed by atoms with Gasteiger partial charge in [-0.15, -0.1) is 0 Å². The smallest absolute Gasteiger partial charge is 0.177 e. The summed E-state index contributed by atoms with van der Waals surface area (Å²) in [4.78, 5) is 12.1. The SMILES string of the molecule is C=C/C=C\c1c(C(=O)C(Br)C(C)C)ccc(F)c1C. The molecule has 3 heteroatoms. The summed E-state index contributed by atoms with van der Waals surface area (Å²) >= 11 is 3.40. The van der Waals surface area contributed by atoms with E-state index < -0.39 is 0 Å². The van der Waals surface area contributed by atoms with Crippen molar-refractivity contribution in [2.45, 2.75) is 25.6 Å². The van der Waals surface area contributed by atoms with Crippen LogP contribution in [-0.4, -0.2) is 10.6 Å². The lowest BCUT2D eigenvalue weighted by molar-refractivity contribution is 0.0977. The maximum absolute atomic E-state index is 13.6. The molecule has 0 amide bonds. The molecule has 0 aliphatic rings. The highest BCUT2D eigenvalue weighted by Gasteiger charge is 2.23. The summed E-state index contributed by atoms with van der Waals surface area (Å²) in [6, 6.07) is 2.89. The van der Waals surface area contributed by atoms with Crippen LogP contribution in [0.25, 0.3) is 6.08 Å². The quantitative estimate of drug-likeness (QED) is 0.426. The Labute approximate surface area is 122 Å². The number of carbonyl (C=O) groups is 1. The summed E-state index contributed by atoms with van der Waals surface area (Å²) in [6.45, 7) is 9.20. The Kier molecular flexibility index (Phi) is 5.67. The molecule has 1 rings (SSSR count). The van der Waals surface area contributed by atoms with Crippen molar-refractivity contribution in [3.05, 3.63) is 53.4 Å². The van der Waals surface area contributed by atoms with E-state index in [9.17, 15) is 9.18 Å². The molecule has 0 spiro atoms. The van der Waals surface area contributed by atoms with Crippen molar-refractivity contribution in [2.24, 2.45) is 5.92 Å². The Morgan fingerprint density at radius 3 is 2.58 bits per heavy atom. The van der Waals surface area contributed by atoms with E-state index >= 15 is 0 Å². The number of carbonyl (C=O) groups excluding carboxylic acids is 1. The number of ketones is 1. The first-order valence-corrected chi connectivity index (χ1v) is 7.08. The summed E-state index contributed by atoms with van der Waals surface area (Å²) in [5, 5.41) is 0. The van der Waals surface area contributed by atoms with Crippen LogP contribution in [0.2, 0.25) is 0 Å². The van der Waals surface area contributed by atoms with Crippen LogP contribution < -0.4 is 0 Å². The van der Waals surface area contributed by atoms with Gasteiger partial charge >= 0.3 is 0 Å². The van der Waals surface area contributed by atoms with Crippen LogP contribution >= 0.6 is 15.9 Å². The van der Waals surface area contributed by atoms with E-state index in [-0.39, 0.29) is 22.3 Å². The number of hydrogen-bond donors (Lipinski definition) is 0. The number of alkyl halides is 1. The second-order valence-corrected chi connectivity index (χ2v) is 5.72. The first-order valence-electron chi connectivity index (χ1n) is 6.16. The molecule has 19 heavy (non-hydrogen) atoms. The molecule has 1 aromatic rings. The number of benzene rings is 1. The molecule has 0 aromatic heterocycles. The minimum atomic E-state index is -0.309. The second-order valence-electron chi connectivity index (χ2n) is 4.74. The number of allylic oxidation sites excluding steroid dienone is 2. The minimum absolute atomic E-state index is 0.0261. The zero-order valence-corrected chi connectivity index (χ0v) is 13.0. The maximum Gasteiger partial charge on any atom is 0.177 e. The van der Waals surface area contributed by atoms with E-state index in [1.807, 2.05) is 13.8 Å². The van der Waals surface area contributed by atoms with Crippen LogP contribution in [0.3, 0.4) is 0 Å². The van der Waals surface area contributed by atoms with E-state index in [0.29, 0.717) is 16.7 Å². The lowest BCUT2D eigenvalue weighted by Gasteiger charge is -2.15. The first kappa shape index (κ1) is 15.8. The lowest BCUT2D eigenvalue weighted by Crippen LogP contribution is -2.21. The van der Waals surface area contributed by atoms with E-state index in [1.165, 1.54) is 6.07 Å². The molecule has 1 nitrogen and oxygen atoms in total. The molecule has 1 atom stereocenters. The molecule has 0 saturated heterocycles. The van der Waals surface area contributed by atoms with Gasteiger partial charge in [-0.05, 0) is 36.1 Å². The monoisotopic (exact) mass is 324 g/mol. The standard InChI is InChI=1S/C16H18BrFO/c1-5-6-7-12-11(4)14(18)9-8-13(12)16(19)15(17)10(2)3/h5-10,15H,1H2,2-4H3/b7-6-. The highest BCUT2D eigenvalue weighted by molar-refractivity contribution is 9.10. The molecule has 0 radical (unpaired) electrons. The van der Waals surface area contributed by atoms with Gasteiger partial charge in [0.2, 0.25) is 0 Å². The van der Waals surface area contributed by atoms with Gasteiger partial charge in [0.05, 0.1) is 4.83 Å². The third-order valence-corrected chi connectivity index (χ3v) is 4.42. The molecular weight excluding hydrogens is 307 g/mol. The molecule has 1 unspecified atom stereocenters. The predicted molar refractivity (Wildman–Crippen MR) is 82.3 cm³/mol. The van der Waals surface area contributed by atoms with Gasteiger partial charge in [0.25, 0.3) is 0 Å². The first-order chi connectivity index (χ1) is 8.90. The second kappa shape index (κ2) is 6.80. The Balaban J connectivity index is 3.35. The summed E-state index contributed by atoms with van der Waals surface area (Å²) in [7, 11) is 0. The topological polar surface area (TPSA) is 17.1 Å². The molecule has 0 heterocycles. The zero-order chi connectivity index (χ0) is 14.6. The number of Topliss-reactive ketones (excluding diaryl/α,β-unsaturated/α-hetero) is 1. The lowest BCUT2D eigenvalue weighted by atomic mass is 9.93. The van der Waals surface area contributed by atoms with Gasteiger partial charge in [0.15, 0.2) is 5.78 Å². The molecule has 1 aromatic carbocycles. The molecule has 0 bridgehead atoms. The summed E-state index contributed by atoms with van der Waals surface area (Å²) in [6.07, 6.45) is 5.03. The van der Waals surface area contributed by atoms with Gasteiger partial charge in [-0.3, -0.25) is 4.79 Å². The summed E-state index contributed by atoms with van der Waals surface area (Å²) < 4.78 is 13.6. The van der Waals surface area contributed by atoms with Gasteiger partial charge < -0.3 is 0 Å². The van der Waals surface area contributed by atoms with Gasteiger partial charge in [-0.1, -0.05) is 54.6 Å². The van der Waals surface area contributed by atoms with Crippen molar-refractivity contribution >= 4 is 27.8 Å². The van der Waals surface area contributed by atoms with Crippen molar-refractivity contribution in [2.75, 3.05) is 0 Å². The Bertz CT molecular complexity index is 518. The van der Waals surface area contributed by atoms with Crippen LogP contribution in [0.1, 0.15) is 35.3 Å². The Morgan fingerprint density at radius 2 is 2.05 bits per heavy atom. The van der Waals surface area contributed by atoms with Gasteiger partial charge in [-0.25, -0.2) is 4.39 Å². The van der Waals surface area contributed by atoms with Crippen LogP contribution in [0.5, 0.6) is 0 Å². The molecule has 0 fully saturated rings. The Hall–Kier alpha value is -1.22. The van der Waals surface area contributed by atoms with Crippen LogP contribution in [0.15, 0.2) is 30.9 Å². The minimum Gasteiger partial charge on any atom is -0.293 e. The van der Waals surface area contributed by atoms with Gasteiger partial charge in [-0.2, -0.15) is 0 Å². The number of hydrogen-bond acceptors (Lipinski definition) is 1. The van der Waals surface area contributed by atoms with Crippen LogP contribution in [0.4, 0.5) is 4.39 Å². The van der Waals surface area contributed by atoms with E-state index in [2.05, 4.69) is 22.5 Å². The van der Waals surface area contributed by atoms with E-state index in [0.717, 1.165) is 0 Å². The fourth-order valence-electron chi connectivity index (χ4n) is 1.75. The molecule has 0 aliphatic carbocycles. The van der Waals surface area contributed by atoms with Crippen molar-refractivity contribution in [1.29, 1.82) is 0 Å². The molecule has 0 aliphatic heterocycles. The maximum atomic E-state index is 13.6. The molecular formula is C16H18BrFO. The molecule has 0 saturated carbocycles. The predicted octanol–water partition coefficient (Wildman–Crippen LogP) is 4.94. The average Bonchev–Trinajstić information content (AvgIpc) is 2.38. The number of halogens is 2. The fourth-order valence-corrected chi connectivity index (χ4v) is 1.99. The largest absolute Gasteiger partial charge is 0.293 e. The number of rotatable bonds is 5. The third-order valence-electron chi connectivity index (χ3n) is 2.95. The average molecular weight is 325 g/mol. The molecule has 102 valence electrons. The Morgan fingerprint density at radius 1 is 1.42 bits per heavy atom. The van der Waals surface area contributed by atoms with Crippen molar-refractivity contribution in [3.63, 3.8) is 0 Å². The van der Waals surface area contributed by atoms with Gasteiger partial charge in [0.1, 0.15) is 5.82 Å². The normalized spacial score (nSPS) is 12.9. The summed E-state index contributed by atoms with van der Waals surface area (Å²) in [5.41, 5.74) is 1.63. The zero-order valence-electron chi connectivity index (χ0n) is 11.4. The highest BCUT2D eigenvalue weighted by Crippen LogP contribution is 2.25. The highest BCUT2D eigenvalue weighted by atomic mass is 79.9. The van der Waals surface area contributed by atoms with Crippen LogP contribution in [0, 0.1) is 18.7 Å². The van der Waals surface area contributed by atoms with E-state index in [4.69, 9.17) is 0 Å². The van der Waals surface area contributed by atoms with Gasteiger partial charge in [0, 0.05) is 5.56 Å². The molecule has 0 N–H and O–H groups in total. The summed E-state index contributed by atoms with van der Waals surface area (Å²) in [5.74, 6) is -0.160. The van der Waals surface area contributed by atoms with E-state index in [1.54, 1.807) is 31.2 Å². The van der Waals surface area contributed by atoms with Crippen molar-refractivity contribution in [3.8, 4) is 0 Å².